The summed E-state index contributed by atoms with van der Waals surface area (Å²) in [5.74, 6) is 0. The van der Waals surface area contributed by atoms with Crippen LogP contribution in [0.25, 0.3) is 0 Å². The topological polar surface area (TPSA) is 0 Å². The number of hydrogen-bond acceptors (Lipinski definition) is 1. The van der Waals surface area contributed by atoms with Crippen LogP contribution in [-0.2, 0) is 18.8 Å². The fourth-order valence-corrected chi connectivity index (χ4v) is 0.963. The van der Waals surface area contributed by atoms with Crippen LogP contribution in [0.2, 0.25) is 0 Å². The Kier molecular flexibility index (Phi) is 4.55. The van der Waals surface area contributed by atoms with Gasteiger partial charge in [0.2, 0.25) is 0 Å². The molecule has 5 heteroatoms. The van der Waals surface area contributed by atoms with Crippen molar-refractivity contribution in [3.63, 3.8) is 0 Å². The first kappa shape index (κ1) is 12.2. The number of alkyl halides is 3. The Hall–Kier alpha value is 0.230. The van der Waals surface area contributed by atoms with Gasteiger partial charge in [0.1, 0.15) is 0 Å². The molecule has 0 saturated carbocycles. The van der Waals surface area contributed by atoms with E-state index in [0.717, 1.165) is 6.07 Å². The van der Waals surface area contributed by atoms with Crippen LogP contribution in [0, 0.1) is 0 Å². The van der Waals surface area contributed by atoms with Crippen LogP contribution in [0.1, 0.15) is 5.56 Å². The summed E-state index contributed by atoms with van der Waals surface area (Å²) >= 11 is 4.48. The smallest absolute Gasteiger partial charge is 0.779 e. The van der Waals surface area contributed by atoms with Crippen LogP contribution in [0.3, 0.4) is 0 Å². The molecular formula is C7H4F3NaS. The average molecular weight is 200 g/mol. The zero-order valence-electron chi connectivity index (χ0n) is 6.35. The Morgan fingerprint density at radius 3 is 1.92 bits per heavy atom. The predicted molar refractivity (Wildman–Crippen MR) is 37.1 cm³/mol. The summed E-state index contributed by atoms with van der Waals surface area (Å²) in [7, 11) is 0. The van der Waals surface area contributed by atoms with Crippen molar-refractivity contribution in [3.8, 4) is 0 Å². The van der Waals surface area contributed by atoms with Crippen molar-refractivity contribution < 1.29 is 42.7 Å². The Labute approximate surface area is 95.9 Å². The van der Waals surface area contributed by atoms with Crippen LogP contribution in [-0.4, -0.2) is 0 Å². The molecule has 0 unspecified atom stereocenters. The number of benzene rings is 1. The predicted octanol–water partition coefficient (Wildman–Crippen LogP) is -0.385. The van der Waals surface area contributed by atoms with Crippen molar-refractivity contribution in [2.24, 2.45) is 0 Å². The van der Waals surface area contributed by atoms with E-state index in [-0.39, 0.29) is 34.5 Å². The third-order valence-corrected chi connectivity index (χ3v) is 1.55. The molecule has 1 aromatic carbocycles. The Balaban J connectivity index is 0.00000121. The second kappa shape index (κ2) is 4.46. The minimum atomic E-state index is -4.32. The molecule has 0 amide bonds. The molecule has 12 heavy (non-hydrogen) atoms. The van der Waals surface area contributed by atoms with E-state index in [9.17, 15) is 13.2 Å². The normalized spacial score (nSPS) is 10.6. The minimum absolute atomic E-state index is 0. The summed E-state index contributed by atoms with van der Waals surface area (Å²) in [6.07, 6.45) is -4.32. The van der Waals surface area contributed by atoms with Gasteiger partial charge in [-0.15, -0.1) is 0 Å². The summed E-state index contributed by atoms with van der Waals surface area (Å²) in [6.45, 7) is 0. The van der Waals surface area contributed by atoms with E-state index in [4.69, 9.17) is 0 Å². The SMILES string of the molecule is FC(F)(F)c1ccccc1[S-].[Na+]. The van der Waals surface area contributed by atoms with Crippen LogP contribution >= 0.6 is 0 Å². The van der Waals surface area contributed by atoms with Crippen molar-refractivity contribution in [2.45, 2.75) is 11.1 Å². The van der Waals surface area contributed by atoms with Gasteiger partial charge in [0.05, 0.1) is 0 Å². The quantitative estimate of drug-likeness (QED) is 0.406. The maximum atomic E-state index is 12.0. The van der Waals surface area contributed by atoms with E-state index in [2.05, 4.69) is 12.6 Å². The largest absolute Gasteiger partial charge is 1.00 e. The molecule has 1 aromatic rings. The molecule has 0 nitrogen and oxygen atoms in total. The van der Waals surface area contributed by atoms with Gasteiger partial charge in [-0.3, -0.25) is 0 Å². The molecule has 0 heterocycles. The molecule has 0 aromatic heterocycles. The van der Waals surface area contributed by atoms with Gasteiger partial charge in [-0.25, -0.2) is 0 Å². The first-order valence-corrected chi connectivity index (χ1v) is 3.26. The fraction of sp³-hybridized carbons (Fsp3) is 0.143. The summed E-state index contributed by atoms with van der Waals surface area (Å²) in [5.41, 5.74) is -0.741. The molecule has 0 bridgehead atoms. The average Bonchev–Trinajstić information content (AvgIpc) is 1.86. The van der Waals surface area contributed by atoms with E-state index in [1.807, 2.05) is 0 Å². The second-order valence-corrected chi connectivity index (χ2v) is 2.43. The van der Waals surface area contributed by atoms with Crippen molar-refractivity contribution in [1.82, 2.24) is 0 Å². The summed E-state index contributed by atoms with van der Waals surface area (Å²) in [5, 5.41) is 0. The summed E-state index contributed by atoms with van der Waals surface area (Å²) < 4.78 is 35.9. The summed E-state index contributed by atoms with van der Waals surface area (Å²) in [6, 6.07) is 5.04. The molecule has 0 fully saturated rings. The third kappa shape index (κ3) is 2.94. The Morgan fingerprint density at radius 2 is 1.58 bits per heavy atom. The monoisotopic (exact) mass is 200 g/mol. The van der Waals surface area contributed by atoms with Gasteiger partial charge >= 0.3 is 35.7 Å². The van der Waals surface area contributed by atoms with Gasteiger partial charge in [-0.2, -0.15) is 18.1 Å². The third-order valence-electron chi connectivity index (χ3n) is 1.19. The zero-order valence-corrected chi connectivity index (χ0v) is 9.17. The van der Waals surface area contributed by atoms with Crippen LogP contribution in [0.4, 0.5) is 13.2 Å². The number of hydrogen-bond donors (Lipinski definition) is 0. The van der Waals surface area contributed by atoms with Gasteiger partial charge in [0.25, 0.3) is 0 Å². The number of rotatable bonds is 0. The van der Waals surface area contributed by atoms with E-state index >= 15 is 0 Å². The minimum Gasteiger partial charge on any atom is -0.779 e. The fourth-order valence-electron chi connectivity index (χ4n) is 0.701. The standard InChI is InChI=1S/C7H5F3S.Na/c8-7(9,10)5-3-1-2-4-6(5)11;/h1-4,11H;/q;+1/p-1. The van der Waals surface area contributed by atoms with Crippen molar-refractivity contribution in [1.29, 1.82) is 0 Å². The molecule has 0 aliphatic carbocycles. The first-order valence-electron chi connectivity index (χ1n) is 2.85. The van der Waals surface area contributed by atoms with Crippen molar-refractivity contribution >= 4 is 12.6 Å². The first-order chi connectivity index (χ1) is 5.02. The van der Waals surface area contributed by atoms with Gasteiger partial charge in [0.15, 0.2) is 0 Å². The molecule has 0 atom stereocenters. The molecule has 1 rings (SSSR count). The Bertz CT molecular complexity index is 259. The Morgan fingerprint density at radius 1 is 1.08 bits per heavy atom. The maximum Gasteiger partial charge on any atom is 1.00 e. The van der Waals surface area contributed by atoms with E-state index in [1.54, 1.807) is 0 Å². The molecule has 0 radical (unpaired) electrons. The number of halogens is 3. The van der Waals surface area contributed by atoms with E-state index in [0.29, 0.717) is 0 Å². The molecule has 0 saturated heterocycles. The molecule has 0 aliphatic rings. The van der Waals surface area contributed by atoms with Gasteiger partial charge in [-0.1, -0.05) is 24.3 Å². The maximum absolute atomic E-state index is 12.0. The van der Waals surface area contributed by atoms with Crippen molar-refractivity contribution in [3.05, 3.63) is 29.8 Å². The van der Waals surface area contributed by atoms with Gasteiger partial charge < -0.3 is 12.6 Å². The van der Waals surface area contributed by atoms with Crippen LogP contribution in [0.15, 0.2) is 29.2 Å². The van der Waals surface area contributed by atoms with E-state index in [1.165, 1.54) is 18.2 Å². The van der Waals surface area contributed by atoms with Crippen LogP contribution < -0.4 is 29.6 Å². The molecular weight excluding hydrogens is 196 g/mol. The van der Waals surface area contributed by atoms with Crippen molar-refractivity contribution in [2.75, 3.05) is 0 Å². The summed E-state index contributed by atoms with van der Waals surface area (Å²) in [4.78, 5) is -0.153. The van der Waals surface area contributed by atoms with Crippen LogP contribution in [0.5, 0.6) is 0 Å². The van der Waals surface area contributed by atoms with Gasteiger partial charge in [0, 0.05) is 5.56 Å². The van der Waals surface area contributed by atoms with Gasteiger partial charge in [-0.05, 0) is 0 Å². The second-order valence-electron chi connectivity index (χ2n) is 1.99. The zero-order chi connectivity index (χ0) is 8.48. The molecule has 60 valence electrons. The van der Waals surface area contributed by atoms with E-state index < -0.39 is 11.7 Å². The molecule has 0 N–H and O–H groups in total. The molecule has 0 spiro atoms. The molecule has 0 aliphatic heterocycles.